The highest BCUT2D eigenvalue weighted by Crippen LogP contribution is 2.30. The van der Waals surface area contributed by atoms with Gasteiger partial charge in [0, 0.05) is 11.1 Å². The van der Waals surface area contributed by atoms with Crippen LogP contribution in [-0.4, -0.2) is 10.2 Å². The van der Waals surface area contributed by atoms with Gasteiger partial charge in [0.2, 0.25) is 0 Å². The second-order valence-corrected chi connectivity index (χ2v) is 5.93. The third kappa shape index (κ3) is 4.63. The molecule has 0 atom stereocenters. The summed E-state index contributed by atoms with van der Waals surface area (Å²) in [5, 5.41) is 19.4. The van der Waals surface area contributed by atoms with Crippen LogP contribution in [0.25, 0.3) is 0 Å². The summed E-state index contributed by atoms with van der Waals surface area (Å²) >= 11 is 0. The first-order valence-corrected chi connectivity index (χ1v) is 8.51. The molecule has 0 spiro atoms. The molecule has 3 aromatic rings. The molecule has 134 valence electrons. The number of benzene rings is 3. The first kappa shape index (κ1) is 18.0. The van der Waals surface area contributed by atoms with Crippen LogP contribution in [0, 0.1) is 0 Å². The average molecular weight is 350 g/mol. The molecule has 0 fully saturated rings. The summed E-state index contributed by atoms with van der Waals surface area (Å²) in [4.78, 5) is 0. The van der Waals surface area contributed by atoms with Crippen molar-refractivity contribution in [2.45, 2.75) is 26.4 Å². The van der Waals surface area contributed by atoms with E-state index in [0.29, 0.717) is 35.8 Å². The minimum absolute atomic E-state index is 0.169. The Kier molecular flexibility index (Phi) is 6.25. The van der Waals surface area contributed by atoms with E-state index in [0.717, 1.165) is 11.1 Å². The Bertz CT molecular complexity index is 745. The standard InChI is InChI=1S/C22H22O4/c23-13-19-12-22(26-16-18-9-5-2-6-10-18)20(14-24)11-21(19)25-15-17-7-3-1-4-8-17/h1-12,23-24H,13-16H2. The highest BCUT2D eigenvalue weighted by atomic mass is 16.5. The van der Waals surface area contributed by atoms with Crippen LogP contribution in [0.3, 0.4) is 0 Å². The SMILES string of the molecule is OCc1cc(OCc2ccccc2)c(CO)cc1OCc1ccccc1. The lowest BCUT2D eigenvalue weighted by Crippen LogP contribution is -2.04. The van der Waals surface area contributed by atoms with Crippen LogP contribution in [0.4, 0.5) is 0 Å². The van der Waals surface area contributed by atoms with Crippen molar-refractivity contribution >= 4 is 0 Å². The number of aliphatic hydroxyl groups is 2. The highest BCUT2D eigenvalue weighted by molar-refractivity contribution is 5.46. The maximum Gasteiger partial charge on any atom is 0.125 e. The van der Waals surface area contributed by atoms with Crippen molar-refractivity contribution in [3.63, 3.8) is 0 Å². The van der Waals surface area contributed by atoms with Gasteiger partial charge in [0.1, 0.15) is 24.7 Å². The summed E-state index contributed by atoms with van der Waals surface area (Å²) in [6.07, 6.45) is 0. The zero-order valence-electron chi connectivity index (χ0n) is 14.5. The van der Waals surface area contributed by atoms with Crippen LogP contribution in [0.15, 0.2) is 72.8 Å². The third-order valence-corrected chi connectivity index (χ3v) is 4.06. The molecule has 3 aromatic carbocycles. The molecule has 4 heteroatoms. The lowest BCUT2D eigenvalue weighted by atomic mass is 10.1. The van der Waals surface area contributed by atoms with Gasteiger partial charge >= 0.3 is 0 Å². The number of aliphatic hydroxyl groups excluding tert-OH is 2. The van der Waals surface area contributed by atoms with Crippen LogP contribution in [0.1, 0.15) is 22.3 Å². The summed E-state index contributed by atoms with van der Waals surface area (Å²) in [5.74, 6) is 1.10. The summed E-state index contributed by atoms with van der Waals surface area (Å²) in [6.45, 7) is 0.445. The Hall–Kier alpha value is -2.82. The second-order valence-electron chi connectivity index (χ2n) is 5.93. The molecule has 2 N–H and O–H groups in total. The first-order valence-electron chi connectivity index (χ1n) is 8.51. The van der Waals surface area contributed by atoms with Gasteiger partial charge in [-0.25, -0.2) is 0 Å². The van der Waals surface area contributed by atoms with Gasteiger partial charge in [-0.3, -0.25) is 0 Å². The third-order valence-electron chi connectivity index (χ3n) is 4.06. The Labute approximate surface area is 153 Å². The maximum atomic E-state index is 9.69. The molecule has 0 aliphatic carbocycles. The number of ether oxygens (including phenoxy) is 2. The van der Waals surface area contributed by atoms with Gasteiger partial charge < -0.3 is 19.7 Å². The van der Waals surface area contributed by atoms with E-state index in [9.17, 15) is 10.2 Å². The quantitative estimate of drug-likeness (QED) is 0.648. The summed E-state index contributed by atoms with van der Waals surface area (Å²) in [7, 11) is 0. The van der Waals surface area contributed by atoms with Crippen molar-refractivity contribution in [2.75, 3.05) is 0 Å². The normalized spacial score (nSPS) is 10.5. The van der Waals surface area contributed by atoms with Crippen molar-refractivity contribution in [3.8, 4) is 11.5 Å². The maximum absolute atomic E-state index is 9.69. The van der Waals surface area contributed by atoms with E-state index in [1.807, 2.05) is 60.7 Å². The van der Waals surface area contributed by atoms with E-state index in [-0.39, 0.29) is 13.2 Å². The summed E-state index contributed by atoms with van der Waals surface area (Å²) in [6, 6.07) is 23.1. The molecule has 26 heavy (non-hydrogen) atoms. The molecule has 3 rings (SSSR count). The van der Waals surface area contributed by atoms with Crippen LogP contribution in [-0.2, 0) is 26.4 Å². The highest BCUT2D eigenvalue weighted by Gasteiger charge is 2.12. The number of rotatable bonds is 8. The van der Waals surface area contributed by atoms with Gasteiger partial charge in [-0.05, 0) is 23.3 Å². The van der Waals surface area contributed by atoms with Gasteiger partial charge in [-0.15, -0.1) is 0 Å². The minimum Gasteiger partial charge on any atom is -0.489 e. The van der Waals surface area contributed by atoms with E-state index in [1.165, 1.54) is 0 Å². The van der Waals surface area contributed by atoms with Crippen molar-refractivity contribution in [1.29, 1.82) is 0 Å². The first-order chi connectivity index (χ1) is 12.8. The molecule has 0 radical (unpaired) electrons. The van der Waals surface area contributed by atoms with Gasteiger partial charge in [0.25, 0.3) is 0 Å². The van der Waals surface area contributed by atoms with E-state index in [4.69, 9.17) is 9.47 Å². The molecule has 0 aliphatic rings. The van der Waals surface area contributed by atoms with Crippen LogP contribution < -0.4 is 9.47 Å². The Morgan fingerprint density at radius 3 is 1.31 bits per heavy atom. The minimum atomic E-state index is -0.169. The number of hydrogen-bond donors (Lipinski definition) is 2. The fraction of sp³-hybridized carbons (Fsp3) is 0.182. The summed E-state index contributed by atoms with van der Waals surface area (Å²) in [5.41, 5.74) is 3.32. The van der Waals surface area contributed by atoms with Crippen molar-refractivity contribution in [1.82, 2.24) is 0 Å². The van der Waals surface area contributed by atoms with E-state index in [1.54, 1.807) is 12.1 Å². The molecular formula is C22H22O4. The van der Waals surface area contributed by atoms with Crippen LogP contribution in [0.5, 0.6) is 11.5 Å². The largest absolute Gasteiger partial charge is 0.489 e. The molecule has 0 bridgehead atoms. The van der Waals surface area contributed by atoms with Gasteiger partial charge in [0.15, 0.2) is 0 Å². The summed E-state index contributed by atoms with van der Waals surface area (Å²) < 4.78 is 11.7. The lowest BCUT2D eigenvalue weighted by molar-refractivity contribution is 0.244. The molecule has 0 amide bonds. The van der Waals surface area contributed by atoms with E-state index >= 15 is 0 Å². The predicted octanol–water partition coefficient (Wildman–Crippen LogP) is 3.83. The monoisotopic (exact) mass is 350 g/mol. The van der Waals surface area contributed by atoms with Crippen LogP contribution in [0.2, 0.25) is 0 Å². The lowest BCUT2D eigenvalue weighted by Gasteiger charge is -2.16. The van der Waals surface area contributed by atoms with E-state index in [2.05, 4.69) is 0 Å². The number of hydrogen-bond acceptors (Lipinski definition) is 4. The molecule has 0 aromatic heterocycles. The molecule has 0 aliphatic heterocycles. The zero-order valence-corrected chi connectivity index (χ0v) is 14.5. The Morgan fingerprint density at radius 2 is 0.962 bits per heavy atom. The topological polar surface area (TPSA) is 58.9 Å². The molecule has 0 saturated heterocycles. The average Bonchev–Trinajstić information content (AvgIpc) is 2.72. The van der Waals surface area contributed by atoms with Crippen LogP contribution >= 0.6 is 0 Å². The molecule has 0 saturated carbocycles. The second kappa shape index (κ2) is 9.04. The molecule has 4 nitrogen and oxygen atoms in total. The van der Waals surface area contributed by atoms with Crippen molar-refractivity contribution in [2.24, 2.45) is 0 Å². The van der Waals surface area contributed by atoms with Gasteiger partial charge in [-0.1, -0.05) is 60.7 Å². The fourth-order valence-corrected chi connectivity index (χ4v) is 2.63. The molecular weight excluding hydrogens is 328 g/mol. The Morgan fingerprint density at radius 1 is 0.577 bits per heavy atom. The van der Waals surface area contributed by atoms with Gasteiger partial charge in [-0.2, -0.15) is 0 Å². The smallest absolute Gasteiger partial charge is 0.125 e. The van der Waals surface area contributed by atoms with Crippen molar-refractivity contribution < 1.29 is 19.7 Å². The molecule has 0 unspecified atom stereocenters. The zero-order chi connectivity index (χ0) is 18.2. The van der Waals surface area contributed by atoms with E-state index < -0.39 is 0 Å². The van der Waals surface area contributed by atoms with Gasteiger partial charge in [0.05, 0.1) is 13.2 Å². The predicted molar refractivity (Wildman–Crippen MR) is 99.8 cm³/mol. The fourth-order valence-electron chi connectivity index (χ4n) is 2.63. The molecule has 0 heterocycles. The van der Waals surface area contributed by atoms with Crippen molar-refractivity contribution in [3.05, 3.63) is 95.1 Å². The Balaban J connectivity index is 1.76.